The maximum Gasteiger partial charge on any atom is 0.242 e. The molecule has 0 heterocycles. The summed E-state index contributed by atoms with van der Waals surface area (Å²) in [4.78, 5) is 28.1. The van der Waals surface area contributed by atoms with Crippen LogP contribution in [0.25, 0.3) is 0 Å². The zero-order valence-electron chi connectivity index (χ0n) is 17.8. The van der Waals surface area contributed by atoms with Gasteiger partial charge in [-0.2, -0.15) is 0 Å². The Bertz CT molecular complexity index is 1040. The molecule has 1 atom stereocenters. The molecule has 3 aromatic carbocycles. The largest absolute Gasteiger partial charge is 0.357 e. The van der Waals surface area contributed by atoms with Gasteiger partial charge in [-0.25, -0.2) is 0 Å². The molecule has 0 bridgehead atoms. The van der Waals surface area contributed by atoms with Crippen LogP contribution >= 0.6 is 15.9 Å². The van der Waals surface area contributed by atoms with Gasteiger partial charge in [0, 0.05) is 24.5 Å². The zero-order valence-corrected chi connectivity index (χ0v) is 19.4. The Labute approximate surface area is 192 Å². The Hall–Kier alpha value is -2.92. The quantitative estimate of drug-likeness (QED) is 0.510. The number of halogens is 1. The summed E-state index contributed by atoms with van der Waals surface area (Å²) in [7, 11) is 1.61. The van der Waals surface area contributed by atoms with E-state index in [4.69, 9.17) is 0 Å². The lowest BCUT2D eigenvalue weighted by Gasteiger charge is -2.31. The predicted octanol–water partition coefficient (Wildman–Crippen LogP) is 4.69. The summed E-state index contributed by atoms with van der Waals surface area (Å²) in [6.45, 7) is 2.37. The molecule has 0 aliphatic rings. The van der Waals surface area contributed by atoms with Gasteiger partial charge in [-0.1, -0.05) is 88.2 Å². The Kier molecular flexibility index (Phi) is 8.01. The topological polar surface area (TPSA) is 49.4 Å². The molecular formula is C26H27BrN2O2. The molecule has 0 unspecified atom stereocenters. The van der Waals surface area contributed by atoms with Crippen LogP contribution in [0, 0.1) is 6.92 Å². The Balaban J connectivity index is 1.94. The number of aryl methyl sites for hydroxylation is 1. The van der Waals surface area contributed by atoms with E-state index in [-0.39, 0.29) is 18.2 Å². The molecule has 1 N–H and O–H groups in total. The molecule has 0 fully saturated rings. The second-order valence-electron chi connectivity index (χ2n) is 7.64. The highest BCUT2D eigenvalue weighted by atomic mass is 79.9. The number of carbonyl (C=O) groups excluding carboxylic acids is 2. The number of rotatable bonds is 8. The molecule has 0 aliphatic heterocycles. The Morgan fingerprint density at radius 3 is 2.26 bits per heavy atom. The molecule has 0 saturated heterocycles. The second-order valence-corrected chi connectivity index (χ2v) is 8.55. The van der Waals surface area contributed by atoms with Gasteiger partial charge >= 0.3 is 0 Å². The van der Waals surface area contributed by atoms with Crippen LogP contribution in [0.5, 0.6) is 0 Å². The first-order valence-electron chi connectivity index (χ1n) is 10.3. The van der Waals surface area contributed by atoms with Gasteiger partial charge in [-0.3, -0.25) is 9.59 Å². The van der Waals surface area contributed by atoms with E-state index < -0.39 is 6.04 Å². The van der Waals surface area contributed by atoms with E-state index in [1.54, 1.807) is 11.9 Å². The molecule has 4 nitrogen and oxygen atoms in total. The van der Waals surface area contributed by atoms with E-state index in [9.17, 15) is 9.59 Å². The summed E-state index contributed by atoms with van der Waals surface area (Å²) in [5.41, 5.74) is 4.03. The average molecular weight is 479 g/mol. The first kappa shape index (κ1) is 22.8. The summed E-state index contributed by atoms with van der Waals surface area (Å²) < 4.78 is 0.940. The van der Waals surface area contributed by atoms with Crippen LogP contribution in [-0.2, 0) is 29.0 Å². The van der Waals surface area contributed by atoms with Gasteiger partial charge in [-0.15, -0.1) is 0 Å². The maximum atomic E-state index is 13.5. The van der Waals surface area contributed by atoms with Crippen molar-refractivity contribution in [1.82, 2.24) is 10.2 Å². The van der Waals surface area contributed by atoms with Crippen molar-refractivity contribution in [3.05, 3.63) is 106 Å². The van der Waals surface area contributed by atoms with Crippen molar-refractivity contribution >= 4 is 27.7 Å². The van der Waals surface area contributed by atoms with Crippen molar-refractivity contribution in [2.24, 2.45) is 0 Å². The second kappa shape index (κ2) is 10.9. The van der Waals surface area contributed by atoms with Gasteiger partial charge in [0.25, 0.3) is 0 Å². The van der Waals surface area contributed by atoms with E-state index >= 15 is 0 Å². The molecule has 3 rings (SSSR count). The molecule has 5 heteroatoms. The molecule has 160 valence electrons. The Morgan fingerprint density at radius 1 is 0.903 bits per heavy atom. The zero-order chi connectivity index (χ0) is 22.2. The fourth-order valence-electron chi connectivity index (χ4n) is 3.65. The number of hydrogen-bond acceptors (Lipinski definition) is 2. The van der Waals surface area contributed by atoms with Crippen LogP contribution in [0.1, 0.15) is 22.3 Å². The van der Waals surface area contributed by atoms with Gasteiger partial charge in [0.1, 0.15) is 6.04 Å². The van der Waals surface area contributed by atoms with Gasteiger partial charge < -0.3 is 10.2 Å². The number of amides is 2. The first-order chi connectivity index (χ1) is 15.0. The molecule has 0 radical (unpaired) electrons. The van der Waals surface area contributed by atoms with Crippen molar-refractivity contribution in [2.45, 2.75) is 32.4 Å². The summed E-state index contributed by atoms with van der Waals surface area (Å²) in [6.07, 6.45) is 0.700. The standard InChI is InChI=1S/C26H27BrN2O2/c1-19-8-6-11-21(14-19)17-25(30)29(18-22-12-7-13-23(27)15-22)24(26(31)28-2)16-20-9-4-3-5-10-20/h3-15,24H,16-18H2,1-2H3,(H,28,31)/t24-/m1/s1. The van der Waals surface area contributed by atoms with E-state index in [0.717, 1.165) is 26.7 Å². The van der Waals surface area contributed by atoms with E-state index in [2.05, 4.69) is 21.2 Å². The van der Waals surface area contributed by atoms with Crippen LogP contribution in [0.2, 0.25) is 0 Å². The van der Waals surface area contributed by atoms with Gasteiger partial charge in [0.2, 0.25) is 11.8 Å². The smallest absolute Gasteiger partial charge is 0.242 e. The minimum absolute atomic E-state index is 0.0740. The maximum absolute atomic E-state index is 13.5. The normalized spacial score (nSPS) is 11.6. The van der Waals surface area contributed by atoms with Crippen LogP contribution in [0.3, 0.4) is 0 Å². The van der Waals surface area contributed by atoms with Gasteiger partial charge in [0.15, 0.2) is 0 Å². The molecule has 3 aromatic rings. The number of carbonyl (C=O) groups is 2. The van der Waals surface area contributed by atoms with Crippen molar-refractivity contribution in [1.29, 1.82) is 0 Å². The fourth-order valence-corrected chi connectivity index (χ4v) is 4.10. The third-order valence-electron chi connectivity index (χ3n) is 5.20. The third kappa shape index (κ3) is 6.53. The molecule has 0 aromatic heterocycles. The van der Waals surface area contributed by atoms with Crippen molar-refractivity contribution in [3.8, 4) is 0 Å². The van der Waals surface area contributed by atoms with Crippen LogP contribution in [-0.4, -0.2) is 29.8 Å². The number of nitrogens with one attached hydrogen (secondary N) is 1. The van der Waals surface area contributed by atoms with E-state index in [0.29, 0.717) is 13.0 Å². The lowest BCUT2D eigenvalue weighted by atomic mass is 10.0. The number of hydrogen-bond donors (Lipinski definition) is 1. The van der Waals surface area contributed by atoms with Crippen LogP contribution in [0.4, 0.5) is 0 Å². The summed E-state index contributed by atoms with van der Waals surface area (Å²) >= 11 is 3.50. The lowest BCUT2D eigenvalue weighted by molar-refractivity contribution is -0.140. The predicted molar refractivity (Wildman–Crippen MR) is 128 cm³/mol. The van der Waals surface area contributed by atoms with Crippen molar-refractivity contribution in [2.75, 3.05) is 7.05 Å². The van der Waals surface area contributed by atoms with Crippen LogP contribution in [0.15, 0.2) is 83.3 Å². The van der Waals surface area contributed by atoms with E-state index in [1.165, 1.54) is 0 Å². The number of benzene rings is 3. The van der Waals surface area contributed by atoms with Gasteiger partial charge in [-0.05, 0) is 35.7 Å². The highest BCUT2D eigenvalue weighted by molar-refractivity contribution is 9.10. The SMILES string of the molecule is CNC(=O)[C@@H](Cc1ccccc1)N(Cc1cccc(Br)c1)C(=O)Cc1cccc(C)c1. The van der Waals surface area contributed by atoms with Crippen molar-refractivity contribution in [3.63, 3.8) is 0 Å². The van der Waals surface area contributed by atoms with Gasteiger partial charge in [0.05, 0.1) is 6.42 Å². The minimum atomic E-state index is -0.608. The minimum Gasteiger partial charge on any atom is -0.357 e. The molecular weight excluding hydrogens is 452 g/mol. The van der Waals surface area contributed by atoms with Crippen LogP contribution < -0.4 is 5.32 Å². The molecule has 0 aliphatic carbocycles. The number of nitrogens with zero attached hydrogens (tertiary/aromatic N) is 1. The number of likely N-dealkylation sites (N-methyl/N-ethyl adjacent to an activating group) is 1. The third-order valence-corrected chi connectivity index (χ3v) is 5.69. The lowest BCUT2D eigenvalue weighted by Crippen LogP contribution is -2.50. The highest BCUT2D eigenvalue weighted by Gasteiger charge is 2.29. The fraction of sp³-hybridized carbons (Fsp3) is 0.231. The Morgan fingerprint density at radius 2 is 1.58 bits per heavy atom. The first-order valence-corrected chi connectivity index (χ1v) is 11.1. The summed E-state index contributed by atoms with van der Waals surface area (Å²) in [6, 6.07) is 25.0. The summed E-state index contributed by atoms with van der Waals surface area (Å²) in [5.74, 6) is -0.244. The summed E-state index contributed by atoms with van der Waals surface area (Å²) in [5, 5.41) is 2.75. The van der Waals surface area contributed by atoms with Crippen molar-refractivity contribution < 1.29 is 9.59 Å². The molecule has 0 saturated carbocycles. The molecule has 0 spiro atoms. The van der Waals surface area contributed by atoms with E-state index in [1.807, 2.05) is 85.8 Å². The molecule has 2 amide bonds. The average Bonchev–Trinajstić information content (AvgIpc) is 2.76. The monoisotopic (exact) mass is 478 g/mol. The molecule has 31 heavy (non-hydrogen) atoms. The highest BCUT2D eigenvalue weighted by Crippen LogP contribution is 2.19.